The Morgan fingerprint density at radius 3 is 2.54 bits per heavy atom. The Bertz CT molecular complexity index is 698. The summed E-state index contributed by atoms with van der Waals surface area (Å²) in [6.07, 6.45) is 3.33. The van der Waals surface area contributed by atoms with Gasteiger partial charge in [0, 0.05) is 12.1 Å². The highest BCUT2D eigenvalue weighted by Crippen LogP contribution is 2.17. The molecule has 1 aliphatic heterocycles. The molecule has 8 heteroatoms. The number of likely N-dealkylation sites (tertiary alicyclic amines) is 1. The molecule has 1 saturated heterocycles. The number of nitrogens with one attached hydrogen (secondary N) is 2. The first-order chi connectivity index (χ1) is 12.1. The summed E-state index contributed by atoms with van der Waals surface area (Å²) in [6, 6.07) is 2.69. The van der Waals surface area contributed by atoms with Gasteiger partial charge < -0.3 is 14.6 Å². The van der Waals surface area contributed by atoms with Crippen LogP contribution >= 0.6 is 0 Å². The minimum atomic E-state index is -3.78. The first-order valence-electron chi connectivity index (χ1n) is 9.21. The van der Waals surface area contributed by atoms with Crippen molar-refractivity contribution in [3.63, 3.8) is 0 Å². The third-order valence-electron chi connectivity index (χ3n) is 4.32. The van der Waals surface area contributed by atoms with Gasteiger partial charge in [0.15, 0.2) is 5.76 Å². The molecule has 2 heterocycles. The molecule has 1 amide bonds. The van der Waals surface area contributed by atoms with Crippen LogP contribution in [0.15, 0.2) is 21.6 Å². The maximum atomic E-state index is 12.2. The fraction of sp³-hybridized carbons (Fsp3) is 0.722. The molecule has 0 aromatic carbocycles. The first kappa shape index (κ1) is 20.9. The minimum absolute atomic E-state index is 0.00563. The fourth-order valence-electron chi connectivity index (χ4n) is 2.92. The Morgan fingerprint density at radius 1 is 1.27 bits per heavy atom. The van der Waals surface area contributed by atoms with Crippen LogP contribution in [0.1, 0.15) is 57.5 Å². The van der Waals surface area contributed by atoms with Crippen LogP contribution in [-0.4, -0.2) is 50.9 Å². The van der Waals surface area contributed by atoms with E-state index in [1.54, 1.807) is 20.8 Å². The number of amides is 1. The molecule has 0 atom stereocenters. The summed E-state index contributed by atoms with van der Waals surface area (Å²) in [5, 5.41) is 2.54. The summed E-state index contributed by atoms with van der Waals surface area (Å²) in [7, 11) is -3.78. The van der Waals surface area contributed by atoms with Gasteiger partial charge in [-0.2, -0.15) is 0 Å². The lowest BCUT2D eigenvalue weighted by atomic mass is 9.99. The predicted octanol–water partition coefficient (Wildman–Crippen LogP) is 2.21. The van der Waals surface area contributed by atoms with Crippen LogP contribution in [-0.2, 0) is 10.0 Å². The second-order valence-electron chi connectivity index (χ2n) is 8.11. The van der Waals surface area contributed by atoms with Crippen LogP contribution < -0.4 is 10.0 Å². The number of nitrogens with zero attached hydrogens (tertiary/aromatic N) is 1. The smallest absolute Gasteiger partial charge is 0.287 e. The Kier molecular flexibility index (Phi) is 6.87. The number of hydrogen-bond acceptors (Lipinski definition) is 5. The van der Waals surface area contributed by atoms with Crippen molar-refractivity contribution in [3.8, 4) is 0 Å². The molecule has 0 bridgehead atoms. The summed E-state index contributed by atoms with van der Waals surface area (Å²) in [6.45, 7) is 11.2. The Balaban J connectivity index is 1.79. The van der Waals surface area contributed by atoms with Crippen LogP contribution in [0.5, 0.6) is 0 Å². The maximum absolute atomic E-state index is 12.2. The van der Waals surface area contributed by atoms with Crippen molar-refractivity contribution in [2.75, 3.05) is 26.2 Å². The Morgan fingerprint density at radius 2 is 1.92 bits per heavy atom. The summed E-state index contributed by atoms with van der Waals surface area (Å²) in [5.74, 6) is 0.420. The van der Waals surface area contributed by atoms with E-state index in [2.05, 4.69) is 21.9 Å². The van der Waals surface area contributed by atoms with Crippen molar-refractivity contribution < 1.29 is 17.6 Å². The van der Waals surface area contributed by atoms with Gasteiger partial charge >= 0.3 is 0 Å². The van der Waals surface area contributed by atoms with Crippen molar-refractivity contribution in [2.24, 2.45) is 5.92 Å². The molecule has 0 spiro atoms. The van der Waals surface area contributed by atoms with Crippen LogP contribution in [0.2, 0.25) is 0 Å². The van der Waals surface area contributed by atoms with E-state index in [9.17, 15) is 13.2 Å². The summed E-state index contributed by atoms with van der Waals surface area (Å²) in [4.78, 5) is 14.5. The maximum Gasteiger partial charge on any atom is 0.287 e. The van der Waals surface area contributed by atoms with Gasteiger partial charge in [0.05, 0.1) is 0 Å². The molecule has 2 rings (SSSR count). The Labute approximate surface area is 156 Å². The van der Waals surface area contributed by atoms with Crippen LogP contribution in [0.3, 0.4) is 0 Å². The number of carbonyl (C=O) groups excluding carboxylic acids is 1. The fourth-order valence-corrected chi connectivity index (χ4v) is 4.27. The molecular weight excluding hydrogens is 354 g/mol. The SMILES string of the molecule is CC1CCN(CCCNC(=O)c2ccc(S(=O)(=O)NC(C)(C)C)o2)CC1. The van der Waals surface area contributed by atoms with Gasteiger partial charge in [-0.25, -0.2) is 13.1 Å². The molecule has 7 nitrogen and oxygen atoms in total. The largest absolute Gasteiger partial charge is 0.438 e. The van der Waals surface area contributed by atoms with E-state index in [1.165, 1.54) is 25.0 Å². The number of furan rings is 1. The summed E-state index contributed by atoms with van der Waals surface area (Å²) in [5.41, 5.74) is -0.625. The number of sulfonamides is 1. The highest BCUT2D eigenvalue weighted by atomic mass is 32.2. The molecule has 1 fully saturated rings. The number of carbonyl (C=O) groups is 1. The highest BCUT2D eigenvalue weighted by Gasteiger charge is 2.26. The second kappa shape index (κ2) is 8.54. The number of rotatable bonds is 7. The lowest BCUT2D eigenvalue weighted by molar-refractivity contribution is 0.0917. The number of hydrogen-bond donors (Lipinski definition) is 2. The minimum Gasteiger partial charge on any atom is -0.438 e. The van der Waals surface area contributed by atoms with E-state index >= 15 is 0 Å². The molecule has 0 saturated carbocycles. The topological polar surface area (TPSA) is 91.7 Å². The van der Waals surface area contributed by atoms with Gasteiger partial charge in [0.1, 0.15) is 0 Å². The average Bonchev–Trinajstić information content (AvgIpc) is 3.02. The van der Waals surface area contributed by atoms with E-state index in [0.717, 1.165) is 32.0 Å². The number of piperidine rings is 1. The zero-order valence-electron chi connectivity index (χ0n) is 16.2. The molecule has 148 valence electrons. The Hall–Kier alpha value is -1.38. The third kappa shape index (κ3) is 6.41. The molecular formula is C18H31N3O4S. The second-order valence-corrected chi connectivity index (χ2v) is 9.72. The molecule has 2 N–H and O–H groups in total. The third-order valence-corrected chi connectivity index (χ3v) is 5.95. The predicted molar refractivity (Wildman–Crippen MR) is 101 cm³/mol. The van der Waals surface area contributed by atoms with Crippen molar-refractivity contribution in [1.29, 1.82) is 0 Å². The van der Waals surface area contributed by atoms with Gasteiger partial charge in [-0.05, 0) is 77.7 Å². The molecule has 0 radical (unpaired) electrons. The quantitative estimate of drug-likeness (QED) is 0.702. The van der Waals surface area contributed by atoms with Crippen LogP contribution in [0.4, 0.5) is 0 Å². The monoisotopic (exact) mass is 385 g/mol. The highest BCUT2D eigenvalue weighted by molar-refractivity contribution is 7.89. The molecule has 1 aromatic rings. The van der Waals surface area contributed by atoms with E-state index < -0.39 is 21.5 Å². The summed E-state index contributed by atoms with van der Waals surface area (Å²) >= 11 is 0. The lowest BCUT2D eigenvalue weighted by Crippen LogP contribution is -2.40. The molecule has 0 unspecified atom stereocenters. The van der Waals surface area contributed by atoms with E-state index in [-0.39, 0.29) is 10.9 Å². The zero-order valence-corrected chi connectivity index (χ0v) is 17.0. The van der Waals surface area contributed by atoms with E-state index in [4.69, 9.17) is 4.42 Å². The average molecular weight is 386 g/mol. The van der Waals surface area contributed by atoms with Gasteiger partial charge in [-0.15, -0.1) is 0 Å². The van der Waals surface area contributed by atoms with Crippen LogP contribution in [0, 0.1) is 5.92 Å². The van der Waals surface area contributed by atoms with E-state index in [0.29, 0.717) is 6.54 Å². The van der Waals surface area contributed by atoms with Gasteiger partial charge in [-0.1, -0.05) is 6.92 Å². The molecule has 0 aliphatic carbocycles. The van der Waals surface area contributed by atoms with Gasteiger partial charge in [0.2, 0.25) is 5.09 Å². The van der Waals surface area contributed by atoms with Crippen molar-refractivity contribution in [1.82, 2.24) is 14.9 Å². The van der Waals surface area contributed by atoms with Crippen molar-refractivity contribution in [2.45, 2.75) is 57.6 Å². The normalized spacial score (nSPS) is 17.4. The molecule has 1 aromatic heterocycles. The van der Waals surface area contributed by atoms with Gasteiger partial charge in [-0.3, -0.25) is 4.79 Å². The standard InChI is InChI=1S/C18H31N3O4S/c1-14-8-12-21(13-9-14)11-5-10-19-17(22)15-6-7-16(25-15)26(23,24)20-18(2,3)4/h6-7,14,20H,5,8-13H2,1-4H3,(H,19,22). The molecule has 26 heavy (non-hydrogen) atoms. The van der Waals surface area contributed by atoms with E-state index in [1.807, 2.05) is 0 Å². The van der Waals surface area contributed by atoms with Crippen molar-refractivity contribution in [3.05, 3.63) is 17.9 Å². The lowest BCUT2D eigenvalue weighted by Gasteiger charge is -2.30. The summed E-state index contributed by atoms with van der Waals surface area (Å²) < 4.78 is 32.1. The van der Waals surface area contributed by atoms with Gasteiger partial charge in [0.25, 0.3) is 15.9 Å². The first-order valence-corrected chi connectivity index (χ1v) is 10.7. The zero-order chi connectivity index (χ0) is 19.4. The molecule has 1 aliphatic rings. The van der Waals surface area contributed by atoms with Crippen molar-refractivity contribution >= 4 is 15.9 Å². The van der Waals surface area contributed by atoms with Crippen LogP contribution in [0.25, 0.3) is 0 Å².